The summed E-state index contributed by atoms with van der Waals surface area (Å²) in [6.45, 7) is 2.53. The van der Waals surface area contributed by atoms with Crippen molar-refractivity contribution in [1.29, 1.82) is 0 Å². The van der Waals surface area contributed by atoms with Gasteiger partial charge in [-0.25, -0.2) is 4.39 Å². The summed E-state index contributed by atoms with van der Waals surface area (Å²) in [7, 11) is 0. The van der Waals surface area contributed by atoms with Crippen molar-refractivity contribution in [3.05, 3.63) is 98.7 Å². The summed E-state index contributed by atoms with van der Waals surface area (Å²) in [6.07, 6.45) is -0.771. The number of piperazine rings is 1. The molecular formula is C24H22Cl3FN2O. The van der Waals surface area contributed by atoms with Crippen molar-refractivity contribution in [3.63, 3.8) is 0 Å². The molecule has 1 saturated heterocycles. The minimum atomic E-state index is -0.771. The third-order valence-corrected chi connectivity index (χ3v) is 6.39. The van der Waals surface area contributed by atoms with E-state index < -0.39 is 6.10 Å². The zero-order valence-electron chi connectivity index (χ0n) is 16.7. The maximum atomic E-state index is 13.6. The van der Waals surface area contributed by atoms with E-state index in [1.165, 1.54) is 12.1 Å². The Hall–Kier alpha value is -1.82. The van der Waals surface area contributed by atoms with Gasteiger partial charge in [0.05, 0.1) is 22.9 Å². The lowest BCUT2D eigenvalue weighted by Crippen LogP contribution is -2.49. The Morgan fingerprint density at radius 2 is 1.68 bits per heavy atom. The first-order chi connectivity index (χ1) is 14.9. The van der Waals surface area contributed by atoms with Crippen LogP contribution in [0.5, 0.6) is 0 Å². The standard InChI is InChI=1S/C24H22Cl3FN2O/c25-18-6-4-16(5-7-18)23-14-29(15-24(31)17-2-1-3-20(28)12-17)10-11-30(23)22-9-8-19(26)13-21(22)27/h1-9,12-13,23-24,31H,10-11,14-15H2/t23-,24-/m0/s1. The van der Waals surface area contributed by atoms with Crippen LogP contribution in [0.3, 0.4) is 0 Å². The van der Waals surface area contributed by atoms with Crippen LogP contribution in [0.1, 0.15) is 23.3 Å². The molecule has 0 amide bonds. The molecule has 1 aliphatic heterocycles. The number of hydrogen-bond acceptors (Lipinski definition) is 3. The Labute approximate surface area is 196 Å². The normalized spacial score (nSPS) is 18.2. The van der Waals surface area contributed by atoms with Crippen molar-refractivity contribution < 1.29 is 9.50 Å². The Bertz CT molecular complexity index is 1050. The number of halogens is 4. The molecule has 1 N–H and O–H groups in total. The lowest BCUT2D eigenvalue weighted by molar-refractivity contribution is 0.100. The molecule has 0 aliphatic carbocycles. The number of nitrogens with zero attached hydrogens (tertiary/aromatic N) is 2. The first-order valence-corrected chi connectivity index (χ1v) is 11.2. The highest BCUT2D eigenvalue weighted by atomic mass is 35.5. The molecule has 0 radical (unpaired) electrons. The van der Waals surface area contributed by atoms with Crippen molar-refractivity contribution in [2.45, 2.75) is 12.1 Å². The van der Waals surface area contributed by atoms with E-state index in [0.717, 1.165) is 17.8 Å². The molecule has 1 fully saturated rings. The second kappa shape index (κ2) is 9.76. The summed E-state index contributed by atoms with van der Waals surface area (Å²) < 4.78 is 13.6. The Morgan fingerprint density at radius 3 is 2.39 bits per heavy atom. The minimum absolute atomic E-state index is 0.00408. The third-order valence-electron chi connectivity index (χ3n) is 5.60. The van der Waals surface area contributed by atoms with Crippen molar-refractivity contribution in [3.8, 4) is 0 Å². The van der Waals surface area contributed by atoms with Gasteiger partial charge in [0.15, 0.2) is 0 Å². The van der Waals surface area contributed by atoms with Gasteiger partial charge >= 0.3 is 0 Å². The average Bonchev–Trinajstić information content (AvgIpc) is 2.75. The lowest BCUT2D eigenvalue weighted by Gasteiger charge is -2.44. The van der Waals surface area contributed by atoms with E-state index in [2.05, 4.69) is 9.80 Å². The molecule has 31 heavy (non-hydrogen) atoms. The molecule has 3 aromatic rings. The highest BCUT2D eigenvalue weighted by Gasteiger charge is 2.30. The van der Waals surface area contributed by atoms with Crippen LogP contribution in [-0.2, 0) is 0 Å². The van der Waals surface area contributed by atoms with Gasteiger partial charge in [0.25, 0.3) is 0 Å². The summed E-state index contributed by atoms with van der Waals surface area (Å²) in [6, 6.07) is 19.4. The minimum Gasteiger partial charge on any atom is -0.387 e. The quantitative estimate of drug-likeness (QED) is 0.460. The Kier molecular flexibility index (Phi) is 7.05. The summed E-state index contributed by atoms with van der Waals surface area (Å²) >= 11 is 18.7. The average molecular weight is 480 g/mol. The predicted octanol–water partition coefficient (Wildman–Crippen LogP) is 6.38. The monoisotopic (exact) mass is 478 g/mol. The van der Waals surface area contributed by atoms with Crippen molar-refractivity contribution in [2.75, 3.05) is 31.1 Å². The summed E-state index contributed by atoms with van der Waals surface area (Å²) in [5, 5.41) is 12.5. The van der Waals surface area contributed by atoms with Crippen LogP contribution in [0.2, 0.25) is 15.1 Å². The first kappa shape index (κ1) is 22.4. The molecule has 1 aliphatic rings. The van der Waals surface area contributed by atoms with Gasteiger partial charge in [0.2, 0.25) is 0 Å². The van der Waals surface area contributed by atoms with Gasteiger partial charge in [-0.05, 0) is 53.6 Å². The molecule has 162 valence electrons. The molecule has 3 nitrogen and oxygen atoms in total. The molecule has 2 atom stereocenters. The number of aliphatic hydroxyl groups excluding tert-OH is 1. The molecular weight excluding hydrogens is 458 g/mol. The summed E-state index contributed by atoms with van der Waals surface area (Å²) in [5.74, 6) is -0.349. The van der Waals surface area contributed by atoms with Crippen LogP contribution < -0.4 is 4.90 Å². The molecule has 4 rings (SSSR count). The van der Waals surface area contributed by atoms with E-state index in [1.807, 2.05) is 36.4 Å². The van der Waals surface area contributed by atoms with Gasteiger partial charge in [0.1, 0.15) is 5.82 Å². The maximum absolute atomic E-state index is 13.6. The fraction of sp³-hybridized carbons (Fsp3) is 0.250. The van der Waals surface area contributed by atoms with E-state index in [1.54, 1.807) is 18.2 Å². The van der Waals surface area contributed by atoms with Crippen molar-refractivity contribution in [2.24, 2.45) is 0 Å². The fourth-order valence-corrected chi connectivity index (χ4v) is 4.68. The van der Waals surface area contributed by atoms with E-state index >= 15 is 0 Å². The van der Waals surface area contributed by atoms with Gasteiger partial charge in [-0.1, -0.05) is 59.1 Å². The number of anilines is 1. The van der Waals surface area contributed by atoms with Crippen LogP contribution in [0.4, 0.5) is 10.1 Å². The van der Waals surface area contributed by atoms with E-state index in [9.17, 15) is 9.50 Å². The van der Waals surface area contributed by atoms with Crippen LogP contribution in [0.25, 0.3) is 0 Å². The van der Waals surface area contributed by atoms with E-state index in [-0.39, 0.29) is 11.9 Å². The smallest absolute Gasteiger partial charge is 0.123 e. The largest absolute Gasteiger partial charge is 0.387 e. The molecule has 0 aromatic heterocycles. The van der Waals surface area contributed by atoms with Crippen molar-refractivity contribution in [1.82, 2.24) is 4.90 Å². The van der Waals surface area contributed by atoms with Crippen LogP contribution in [0.15, 0.2) is 66.7 Å². The predicted molar refractivity (Wildman–Crippen MR) is 126 cm³/mol. The SMILES string of the molecule is O[C@@H](CN1CCN(c2ccc(Cl)cc2Cl)[C@H](c2ccc(Cl)cc2)C1)c1cccc(F)c1. The maximum Gasteiger partial charge on any atom is 0.123 e. The van der Waals surface area contributed by atoms with Gasteiger partial charge < -0.3 is 10.0 Å². The molecule has 0 spiro atoms. The highest BCUT2D eigenvalue weighted by molar-refractivity contribution is 6.36. The zero-order valence-corrected chi connectivity index (χ0v) is 19.0. The van der Waals surface area contributed by atoms with E-state index in [0.29, 0.717) is 40.3 Å². The molecule has 7 heteroatoms. The van der Waals surface area contributed by atoms with Crippen LogP contribution in [0, 0.1) is 5.82 Å². The van der Waals surface area contributed by atoms with Gasteiger partial charge in [-0.3, -0.25) is 4.90 Å². The third kappa shape index (κ3) is 5.33. The molecule has 0 unspecified atom stereocenters. The Balaban J connectivity index is 1.58. The number of β-amino-alcohol motifs (C(OH)–C–C–N with tert-alkyl or cyclic N) is 1. The highest BCUT2D eigenvalue weighted by Crippen LogP contribution is 2.37. The number of hydrogen-bond donors (Lipinski definition) is 1. The van der Waals surface area contributed by atoms with Gasteiger partial charge in [-0.15, -0.1) is 0 Å². The second-order valence-corrected chi connectivity index (χ2v) is 8.97. The van der Waals surface area contributed by atoms with Gasteiger partial charge in [0, 0.05) is 36.2 Å². The number of aliphatic hydroxyl groups is 1. The molecule has 1 heterocycles. The number of rotatable bonds is 5. The first-order valence-electron chi connectivity index (χ1n) is 10.0. The Morgan fingerprint density at radius 1 is 0.935 bits per heavy atom. The van der Waals surface area contributed by atoms with E-state index in [4.69, 9.17) is 34.8 Å². The van der Waals surface area contributed by atoms with Crippen molar-refractivity contribution >= 4 is 40.5 Å². The van der Waals surface area contributed by atoms with Crippen LogP contribution in [-0.4, -0.2) is 36.2 Å². The van der Waals surface area contributed by atoms with Gasteiger partial charge in [-0.2, -0.15) is 0 Å². The molecule has 0 saturated carbocycles. The topological polar surface area (TPSA) is 26.7 Å². The summed E-state index contributed by atoms with van der Waals surface area (Å²) in [4.78, 5) is 4.45. The molecule has 3 aromatic carbocycles. The lowest BCUT2D eigenvalue weighted by atomic mass is 10.00. The summed E-state index contributed by atoms with van der Waals surface area (Å²) in [5.41, 5.74) is 2.59. The second-order valence-electron chi connectivity index (χ2n) is 7.69. The number of benzene rings is 3. The fourth-order valence-electron chi connectivity index (χ4n) is 4.04. The molecule has 0 bridgehead atoms. The zero-order chi connectivity index (χ0) is 22.0. The van der Waals surface area contributed by atoms with Crippen LogP contribution >= 0.6 is 34.8 Å².